The Morgan fingerprint density at radius 1 is 1.30 bits per heavy atom. The van der Waals surface area contributed by atoms with Gasteiger partial charge in [0.15, 0.2) is 0 Å². The molecule has 0 atom stereocenters. The summed E-state index contributed by atoms with van der Waals surface area (Å²) >= 11 is 5.95. The first-order valence-electron chi connectivity index (χ1n) is 8.58. The summed E-state index contributed by atoms with van der Waals surface area (Å²) in [7, 11) is 0. The first-order chi connectivity index (χ1) is 12.8. The highest BCUT2D eigenvalue weighted by molar-refractivity contribution is 6.30. The lowest BCUT2D eigenvalue weighted by atomic mass is 10.1. The standard InChI is InChI=1S/C19H20ClN3O4/c1-19(2,18(25)26)23-16(24)14-9-21-17(27-10-11-3-4-11)15(22-14)12-5-7-13(20)8-6-12/h5-9,11H,3-4,10H2,1-2H3,(H,23,24)(H,25,26). The van der Waals surface area contributed by atoms with Crippen LogP contribution in [-0.4, -0.2) is 39.1 Å². The van der Waals surface area contributed by atoms with Crippen LogP contribution in [0.25, 0.3) is 11.3 Å². The van der Waals surface area contributed by atoms with Crippen molar-refractivity contribution in [2.24, 2.45) is 5.92 Å². The van der Waals surface area contributed by atoms with E-state index in [9.17, 15) is 14.7 Å². The second-order valence-corrected chi connectivity index (χ2v) is 7.49. The zero-order valence-corrected chi connectivity index (χ0v) is 15.8. The van der Waals surface area contributed by atoms with Gasteiger partial charge in [-0.25, -0.2) is 14.8 Å². The van der Waals surface area contributed by atoms with Gasteiger partial charge in [-0.2, -0.15) is 0 Å². The van der Waals surface area contributed by atoms with Crippen molar-refractivity contribution in [1.29, 1.82) is 0 Å². The molecule has 2 aromatic rings. The molecular formula is C19H20ClN3O4. The number of halogens is 1. The van der Waals surface area contributed by atoms with E-state index < -0.39 is 17.4 Å². The van der Waals surface area contributed by atoms with Crippen LogP contribution in [0.2, 0.25) is 5.02 Å². The molecule has 1 amide bonds. The molecule has 0 unspecified atom stereocenters. The Labute approximate surface area is 161 Å². The van der Waals surface area contributed by atoms with Gasteiger partial charge in [0.25, 0.3) is 5.91 Å². The molecule has 0 aliphatic heterocycles. The maximum Gasteiger partial charge on any atom is 0.328 e. The zero-order chi connectivity index (χ0) is 19.6. The Bertz CT molecular complexity index is 864. The Hall–Kier alpha value is -2.67. The molecule has 1 aromatic heterocycles. The quantitative estimate of drug-likeness (QED) is 0.754. The Morgan fingerprint density at radius 3 is 2.56 bits per heavy atom. The van der Waals surface area contributed by atoms with Gasteiger partial charge in [0.1, 0.15) is 16.9 Å². The summed E-state index contributed by atoms with van der Waals surface area (Å²) in [6.07, 6.45) is 3.55. The van der Waals surface area contributed by atoms with Gasteiger partial charge >= 0.3 is 5.97 Å². The molecule has 0 bridgehead atoms. The third-order valence-corrected chi connectivity index (χ3v) is 4.45. The first-order valence-corrected chi connectivity index (χ1v) is 8.96. The Kier molecular flexibility index (Phi) is 5.32. The molecule has 1 heterocycles. The number of nitrogens with one attached hydrogen (secondary N) is 1. The lowest BCUT2D eigenvalue weighted by molar-refractivity contribution is -0.143. The number of hydrogen-bond acceptors (Lipinski definition) is 5. The minimum atomic E-state index is -1.43. The monoisotopic (exact) mass is 389 g/mol. The summed E-state index contributed by atoms with van der Waals surface area (Å²) in [4.78, 5) is 32.3. The maximum atomic E-state index is 12.5. The van der Waals surface area contributed by atoms with Crippen molar-refractivity contribution in [3.05, 3.63) is 41.2 Å². The number of benzene rings is 1. The Morgan fingerprint density at radius 2 is 1.96 bits per heavy atom. The molecule has 27 heavy (non-hydrogen) atoms. The van der Waals surface area contributed by atoms with E-state index in [1.807, 2.05) is 0 Å². The molecule has 1 saturated carbocycles. The number of aromatic nitrogens is 2. The van der Waals surface area contributed by atoms with Crippen LogP contribution in [0.1, 0.15) is 37.2 Å². The highest BCUT2D eigenvalue weighted by atomic mass is 35.5. The van der Waals surface area contributed by atoms with E-state index in [4.69, 9.17) is 16.3 Å². The summed E-state index contributed by atoms with van der Waals surface area (Å²) < 4.78 is 5.79. The zero-order valence-electron chi connectivity index (χ0n) is 15.0. The summed E-state index contributed by atoms with van der Waals surface area (Å²) in [6, 6.07) is 6.95. The van der Waals surface area contributed by atoms with Crippen molar-refractivity contribution in [1.82, 2.24) is 15.3 Å². The molecule has 0 spiro atoms. The molecule has 1 fully saturated rings. The number of nitrogens with zero attached hydrogens (tertiary/aromatic N) is 2. The van der Waals surface area contributed by atoms with Crippen LogP contribution >= 0.6 is 11.6 Å². The predicted molar refractivity (Wildman–Crippen MR) is 99.9 cm³/mol. The van der Waals surface area contributed by atoms with Crippen LogP contribution in [0.5, 0.6) is 5.88 Å². The molecular weight excluding hydrogens is 370 g/mol. The van der Waals surface area contributed by atoms with E-state index in [0.717, 1.165) is 12.8 Å². The van der Waals surface area contributed by atoms with Gasteiger partial charge in [-0.3, -0.25) is 4.79 Å². The fourth-order valence-electron chi connectivity index (χ4n) is 2.27. The van der Waals surface area contributed by atoms with Crippen molar-refractivity contribution in [2.45, 2.75) is 32.2 Å². The van der Waals surface area contributed by atoms with Crippen LogP contribution in [0.15, 0.2) is 30.5 Å². The predicted octanol–water partition coefficient (Wildman–Crippen LogP) is 3.18. The summed E-state index contributed by atoms with van der Waals surface area (Å²) in [5.41, 5.74) is -0.314. The largest absolute Gasteiger partial charge is 0.480 e. The van der Waals surface area contributed by atoms with E-state index >= 15 is 0 Å². The molecule has 0 saturated heterocycles. The van der Waals surface area contributed by atoms with Crippen LogP contribution in [0, 0.1) is 5.92 Å². The minimum absolute atomic E-state index is 0.00745. The topological polar surface area (TPSA) is 101 Å². The minimum Gasteiger partial charge on any atom is -0.480 e. The van der Waals surface area contributed by atoms with Crippen molar-refractivity contribution in [3.8, 4) is 17.1 Å². The number of ether oxygens (including phenoxy) is 1. The number of carboxylic acid groups (broad SMARTS) is 1. The van der Waals surface area contributed by atoms with Gasteiger partial charge in [0.2, 0.25) is 5.88 Å². The van der Waals surface area contributed by atoms with Crippen molar-refractivity contribution in [3.63, 3.8) is 0 Å². The molecule has 0 radical (unpaired) electrons. The van der Waals surface area contributed by atoms with Gasteiger partial charge in [0.05, 0.1) is 12.8 Å². The number of amides is 1. The fourth-order valence-corrected chi connectivity index (χ4v) is 2.40. The fraction of sp³-hybridized carbons (Fsp3) is 0.368. The van der Waals surface area contributed by atoms with E-state index in [-0.39, 0.29) is 5.69 Å². The molecule has 1 aliphatic carbocycles. The third kappa shape index (κ3) is 4.74. The molecule has 1 aliphatic rings. The van der Waals surface area contributed by atoms with E-state index in [2.05, 4.69) is 15.3 Å². The number of carboxylic acids is 1. The summed E-state index contributed by atoms with van der Waals surface area (Å²) in [5, 5.41) is 12.2. The average molecular weight is 390 g/mol. The number of carbonyl (C=O) groups excluding carboxylic acids is 1. The Balaban J connectivity index is 1.91. The van der Waals surface area contributed by atoms with Gasteiger partial charge in [-0.15, -0.1) is 0 Å². The first kappa shape index (κ1) is 19.1. The van der Waals surface area contributed by atoms with E-state index in [1.54, 1.807) is 24.3 Å². The molecule has 3 rings (SSSR count). The molecule has 2 N–H and O–H groups in total. The number of hydrogen-bond donors (Lipinski definition) is 2. The molecule has 142 valence electrons. The highest BCUT2D eigenvalue weighted by Gasteiger charge is 2.30. The van der Waals surface area contributed by atoms with Crippen LogP contribution < -0.4 is 10.1 Å². The second-order valence-electron chi connectivity index (χ2n) is 7.05. The van der Waals surface area contributed by atoms with Gasteiger partial charge < -0.3 is 15.2 Å². The molecule has 1 aromatic carbocycles. The third-order valence-electron chi connectivity index (χ3n) is 4.20. The second kappa shape index (κ2) is 7.52. The SMILES string of the molecule is CC(C)(NC(=O)c1cnc(OCC2CC2)c(-c2ccc(Cl)cc2)n1)C(=O)O. The number of aliphatic carboxylic acids is 1. The van der Waals surface area contributed by atoms with E-state index in [0.29, 0.717) is 34.7 Å². The van der Waals surface area contributed by atoms with Gasteiger partial charge in [-0.05, 0) is 44.7 Å². The van der Waals surface area contributed by atoms with Crippen molar-refractivity contribution < 1.29 is 19.4 Å². The van der Waals surface area contributed by atoms with Crippen molar-refractivity contribution >= 4 is 23.5 Å². The number of rotatable bonds is 7. The van der Waals surface area contributed by atoms with Crippen LogP contribution in [0.4, 0.5) is 0 Å². The molecule has 7 nitrogen and oxygen atoms in total. The summed E-state index contributed by atoms with van der Waals surface area (Å²) in [6.45, 7) is 3.34. The lowest BCUT2D eigenvalue weighted by Gasteiger charge is -2.20. The van der Waals surface area contributed by atoms with E-state index in [1.165, 1.54) is 20.0 Å². The lowest BCUT2D eigenvalue weighted by Crippen LogP contribution is -2.49. The summed E-state index contributed by atoms with van der Waals surface area (Å²) in [5.74, 6) is -0.910. The smallest absolute Gasteiger partial charge is 0.328 e. The number of carbonyl (C=O) groups is 2. The van der Waals surface area contributed by atoms with Gasteiger partial charge in [-0.1, -0.05) is 23.7 Å². The maximum absolute atomic E-state index is 12.5. The van der Waals surface area contributed by atoms with Gasteiger partial charge in [0, 0.05) is 10.6 Å². The molecule has 8 heteroatoms. The van der Waals surface area contributed by atoms with Crippen molar-refractivity contribution in [2.75, 3.05) is 6.61 Å². The van der Waals surface area contributed by atoms with Crippen LogP contribution in [-0.2, 0) is 4.79 Å². The average Bonchev–Trinajstić information content (AvgIpc) is 3.44. The normalized spacial score (nSPS) is 13.9. The van der Waals surface area contributed by atoms with Crippen LogP contribution in [0.3, 0.4) is 0 Å². The highest BCUT2D eigenvalue weighted by Crippen LogP contribution is 2.32.